The molecule has 2 aromatic rings. The molecule has 0 spiro atoms. The first-order valence-corrected chi connectivity index (χ1v) is 9.62. The van der Waals surface area contributed by atoms with Crippen LogP contribution in [-0.2, 0) is 19.7 Å². The topological polar surface area (TPSA) is 93.7 Å². The van der Waals surface area contributed by atoms with Crippen molar-refractivity contribution in [3.05, 3.63) is 59.7 Å². The normalized spacial score (nSPS) is 11.9. The van der Waals surface area contributed by atoms with Crippen LogP contribution in [0.2, 0.25) is 0 Å². The summed E-state index contributed by atoms with van der Waals surface area (Å²) in [5.41, 5.74) is 2.17. The van der Waals surface area contributed by atoms with Gasteiger partial charge in [0.25, 0.3) is 5.91 Å². The Labute approximate surface area is 176 Å². The van der Waals surface area contributed by atoms with Crippen molar-refractivity contribution in [3.63, 3.8) is 0 Å². The first kappa shape index (κ1) is 22.9. The fourth-order valence-corrected chi connectivity index (χ4v) is 2.55. The van der Waals surface area contributed by atoms with Crippen LogP contribution in [0, 0.1) is 0 Å². The zero-order valence-corrected chi connectivity index (χ0v) is 17.9. The third-order valence-electron chi connectivity index (χ3n) is 4.46. The van der Waals surface area contributed by atoms with Gasteiger partial charge in [-0.2, -0.15) is 0 Å². The van der Waals surface area contributed by atoms with Crippen molar-refractivity contribution in [2.75, 3.05) is 19.0 Å². The number of esters is 1. The van der Waals surface area contributed by atoms with Crippen LogP contribution in [-0.4, -0.2) is 37.5 Å². The maximum Gasteiger partial charge on any atom is 0.343 e. The summed E-state index contributed by atoms with van der Waals surface area (Å²) in [5, 5.41) is 5.43. The summed E-state index contributed by atoms with van der Waals surface area (Å²) in [6.45, 7) is 7.73. The van der Waals surface area contributed by atoms with Gasteiger partial charge in [0, 0.05) is 11.3 Å². The second-order valence-corrected chi connectivity index (χ2v) is 7.90. The van der Waals surface area contributed by atoms with E-state index >= 15 is 0 Å². The van der Waals surface area contributed by atoms with Gasteiger partial charge in [0.05, 0.1) is 7.11 Å². The van der Waals surface area contributed by atoms with Gasteiger partial charge in [-0.25, -0.2) is 4.79 Å². The van der Waals surface area contributed by atoms with Gasteiger partial charge in [-0.05, 0) is 54.3 Å². The summed E-state index contributed by atoms with van der Waals surface area (Å²) in [6, 6.07) is 13.2. The number of benzene rings is 2. The van der Waals surface area contributed by atoms with Crippen molar-refractivity contribution in [1.82, 2.24) is 5.32 Å². The molecule has 0 bridgehead atoms. The standard InChI is InChI=1S/C23H28N2O5/c1-15(24-22(28)16-6-8-17(9-7-16)23(2,3)4)21(27)25-18-10-12-19(13-11-18)30-14-20(26)29-5/h6-13,15H,14H2,1-5H3,(H,24,28)(H,25,27). The molecule has 7 heteroatoms. The van der Waals surface area contributed by atoms with Gasteiger partial charge in [0.15, 0.2) is 6.61 Å². The molecule has 1 atom stereocenters. The van der Waals surface area contributed by atoms with Gasteiger partial charge >= 0.3 is 5.97 Å². The Hall–Kier alpha value is -3.35. The number of anilines is 1. The zero-order valence-electron chi connectivity index (χ0n) is 17.9. The minimum absolute atomic E-state index is 0.00206. The van der Waals surface area contributed by atoms with Crippen LogP contribution in [0.5, 0.6) is 5.75 Å². The highest BCUT2D eigenvalue weighted by molar-refractivity contribution is 6.01. The Balaban J connectivity index is 1.89. The molecule has 0 aromatic heterocycles. The molecule has 0 aliphatic carbocycles. The summed E-state index contributed by atoms with van der Waals surface area (Å²) >= 11 is 0. The van der Waals surface area contributed by atoms with E-state index in [2.05, 4.69) is 36.1 Å². The van der Waals surface area contributed by atoms with Gasteiger partial charge in [0.1, 0.15) is 11.8 Å². The first-order valence-electron chi connectivity index (χ1n) is 9.62. The smallest absolute Gasteiger partial charge is 0.343 e. The average Bonchev–Trinajstić information content (AvgIpc) is 2.72. The van der Waals surface area contributed by atoms with Crippen molar-refractivity contribution >= 4 is 23.5 Å². The van der Waals surface area contributed by atoms with E-state index in [1.165, 1.54) is 7.11 Å². The second kappa shape index (κ2) is 9.91. The lowest BCUT2D eigenvalue weighted by Gasteiger charge is -2.19. The molecule has 2 aromatic carbocycles. The van der Waals surface area contributed by atoms with E-state index in [1.807, 2.05) is 12.1 Å². The second-order valence-electron chi connectivity index (χ2n) is 7.90. The highest BCUT2D eigenvalue weighted by Crippen LogP contribution is 2.22. The number of rotatable bonds is 7. The number of nitrogens with one attached hydrogen (secondary N) is 2. The van der Waals surface area contributed by atoms with E-state index in [0.717, 1.165) is 5.56 Å². The Kier molecular flexibility index (Phi) is 7.58. The lowest BCUT2D eigenvalue weighted by molar-refractivity contribution is -0.142. The number of hydrogen-bond acceptors (Lipinski definition) is 5. The van der Waals surface area contributed by atoms with Crippen molar-refractivity contribution in [2.45, 2.75) is 39.2 Å². The molecule has 0 saturated heterocycles. The van der Waals surface area contributed by atoms with Crippen molar-refractivity contribution < 1.29 is 23.9 Å². The molecule has 0 heterocycles. The summed E-state index contributed by atoms with van der Waals surface area (Å²) in [5.74, 6) is -0.675. The van der Waals surface area contributed by atoms with Gasteiger partial charge in [-0.15, -0.1) is 0 Å². The van der Waals surface area contributed by atoms with Crippen LogP contribution in [0.3, 0.4) is 0 Å². The fraction of sp³-hybridized carbons (Fsp3) is 0.348. The molecule has 160 valence electrons. The molecular formula is C23H28N2O5. The lowest BCUT2D eigenvalue weighted by atomic mass is 9.86. The first-order chi connectivity index (χ1) is 14.1. The quantitative estimate of drug-likeness (QED) is 0.681. The summed E-state index contributed by atoms with van der Waals surface area (Å²) in [6.07, 6.45) is 0. The van der Waals surface area contributed by atoms with Gasteiger partial charge < -0.3 is 20.1 Å². The maximum absolute atomic E-state index is 12.4. The van der Waals surface area contributed by atoms with E-state index in [4.69, 9.17) is 4.74 Å². The number of hydrogen-bond donors (Lipinski definition) is 2. The molecule has 30 heavy (non-hydrogen) atoms. The molecule has 0 aliphatic heterocycles. The maximum atomic E-state index is 12.4. The van der Waals surface area contributed by atoms with Crippen LogP contribution in [0.15, 0.2) is 48.5 Å². The number of carbonyl (C=O) groups excluding carboxylic acids is 3. The van der Waals surface area contributed by atoms with E-state index in [0.29, 0.717) is 17.0 Å². The minimum atomic E-state index is -0.727. The van der Waals surface area contributed by atoms with E-state index < -0.39 is 12.0 Å². The van der Waals surface area contributed by atoms with Crippen LogP contribution in [0.1, 0.15) is 43.6 Å². The monoisotopic (exact) mass is 412 g/mol. The number of methoxy groups -OCH3 is 1. The van der Waals surface area contributed by atoms with Crippen LogP contribution in [0.25, 0.3) is 0 Å². The lowest BCUT2D eigenvalue weighted by Crippen LogP contribution is -2.41. The van der Waals surface area contributed by atoms with Crippen molar-refractivity contribution in [3.8, 4) is 5.75 Å². The number of amides is 2. The molecular weight excluding hydrogens is 384 g/mol. The minimum Gasteiger partial charge on any atom is -0.482 e. The molecule has 1 unspecified atom stereocenters. The third-order valence-corrected chi connectivity index (χ3v) is 4.46. The number of ether oxygens (including phenoxy) is 2. The highest BCUT2D eigenvalue weighted by atomic mass is 16.6. The van der Waals surface area contributed by atoms with Crippen LogP contribution < -0.4 is 15.4 Å². The van der Waals surface area contributed by atoms with Gasteiger partial charge in [-0.3, -0.25) is 9.59 Å². The number of carbonyl (C=O) groups is 3. The van der Waals surface area contributed by atoms with Crippen LogP contribution in [0.4, 0.5) is 5.69 Å². The molecule has 2 amide bonds. The van der Waals surface area contributed by atoms with Crippen LogP contribution >= 0.6 is 0 Å². The molecule has 2 N–H and O–H groups in total. The summed E-state index contributed by atoms with van der Waals surface area (Å²) in [4.78, 5) is 35.9. The molecule has 0 radical (unpaired) electrons. The SMILES string of the molecule is COC(=O)COc1ccc(NC(=O)C(C)NC(=O)c2ccc(C(C)(C)C)cc2)cc1. The average molecular weight is 412 g/mol. The fourth-order valence-electron chi connectivity index (χ4n) is 2.55. The van der Waals surface area contributed by atoms with E-state index in [9.17, 15) is 14.4 Å². The van der Waals surface area contributed by atoms with E-state index in [-0.39, 0.29) is 23.8 Å². The highest BCUT2D eigenvalue weighted by Gasteiger charge is 2.18. The zero-order chi connectivity index (χ0) is 22.3. The van der Waals surface area contributed by atoms with Gasteiger partial charge in [0.2, 0.25) is 5.91 Å². The largest absolute Gasteiger partial charge is 0.482 e. The Morgan fingerprint density at radius 3 is 2.10 bits per heavy atom. The molecule has 0 aliphatic rings. The Morgan fingerprint density at radius 1 is 0.967 bits per heavy atom. The predicted octanol–water partition coefficient (Wildman–Crippen LogP) is 3.29. The Bertz CT molecular complexity index is 883. The molecule has 0 fully saturated rings. The van der Waals surface area contributed by atoms with Crippen molar-refractivity contribution in [1.29, 1.82) is 0 Å². The van der Waals surface area contributed by atoms with E-state index in [1.54, 1.807) is 43.3 Å². The summed E-state index contributed by atoms with van der Waals surface area (Å²) < 4.78 is 9.76. The van der Waals surface area contributed by atoms with Gasteiger partial charge in [-0.1, -0.05) is 32.9 Å². The molecule has 2 rings (SSSR count). The third kappa shape index (κ3) is 6.62. The predicted molar refractivity (Wildman–Crippen MR) is 115 cm³/mol. The van der Waals surface area contributed by atoms with Crippen molar-refractivity contribution in [2.24, 2.45) is 0 Å². The molecule has 7 nitrogen and oxygen atoms in total. The molecule has 0 saturated carbocycles. The summed E-state index contributed by atoms with van der Waals surface area (Å²) in [7, 11) is 1.28. The Morgan fingerprint density at radius 2 is 1.57 bits per heavy atom.